The average molecular weight is 384 g/mol. The number of hydrogen-bond donors (Lipinski definition) is 1. The Morgan fingerprint density at radius 2 is 1.89 bits per heavy atom. The molecule has 150 valence electrons. The number of morpholine rings is 1. The first-order chi connectivity index (χ1) is 13.7. The molecule has 3 rings (SSSR count). The summed E-state index contributed by atoms with van der Waals surface area (Å²) in [6, 6.07) is 15.2. The maximum absolute atomic E-state index is 13.0. The van der Waals surface area contributed by atoms with Gasteiger partial charge in [-0.1, -0.05) is 30.3 Å². The number of carbonyl (C=O) groups excluding carboxylic acids is 1. The second kappa shape index (κ2) is 10.1. The van der Waals surface area contributed by atoms with E-state index in [1.54, 1.807) is 25.3 Å². The van der Waals surface area contributed by atoms with Gasteiger partial charge in [0.1, 0.15) is 0 Å². The van der Waals surface area contributed by atoms with Crippen LogP contribution in [-0.4, -0.2) is 57.4 Å². The maximum atomic E-state index is 13.0. The van der Waals surface area contributed by atoms with Gasteiger partial charge in [-0.2, -0.15) is 0 Å². The fourth-order valence-corrected chi connectivity index (χ4v) is 3.29. The molecule has 1 saturated heterocycles. The summed E-state index contributed by atoms with van der Waals surface area (Å²) in [5, 5.41) is 3.19. The lowest BCUT2D eigenvalue weighted by molar-refractivity contribution is 0.0332. The van der Waals surface area contributed by atoms with E-state index in [4.69, 9.17) is 14.2 Å². The lowest BCUT2D eigenvalue weighted by Gasteiger charge is -2.31. The van der Waals surface area contributed by atoms with Crippen LogP contribution in [0.3, 0.4) is 0 Å². The zero-order valence-electron chi connectivity index (χ0n) is 16.5. The molecule has 1 fully saturated rings. The van der Waals surface area contributed by atoms with E-state index in [1.165, 1.54) is 0 Å². The zero-order valence-corrected chi connectivity index (χ0v) is 16.5. The third kappa shape index (κ3) is 5.24. The van der Waals surface area contributed by atoms with Crippen LogP contribution in [0, 0.1) is 0 Å². The monoisotopic (exact) mass is 384 g/mol. The van der Waals surface area contributed by atoms with Crippen molar-refractivity contribution in [1.29, 1.82) is 0 Å². The number of amides is 1. The van der Waals surface area contributed by atoms with Crippen LogP contribution < -0.4 is 14.8 Å². The highest BCUT2D eigenvalue weighted by Gasteiger charge is 2.21. The summed E-state index contributed by atoms with van der Waals surface area (Å²) < 4.78 is 16.4. The van der Waals surface area contributed by atoms with Crippen LogP contribution in [0.25, 0.3) is 0 Å². The molecule has 1 unspecified atom stereocenters. The molecule has 0 spiro atoms. The quantitative estimate of drug-likeness (QED) is 0.758. The Hall–Kier alpha value is -2.57. The number of nitrogens with zero attached hydrogens (tertiary/aromatic N) is 1. The number of methoxy groups -OCH3 is 1. The molecule has 28 heavy (non-hydrogen) atoms. The molecule has 0 radical (unpaired) electrons. The molecule has 2 aromatic carbocycles. The Labute approximate surface area is 166 Å². The van der Waals surface area contributed by atoms with Crippen LogP contribution in [-0.2, 0) is 4.74 Å². The van der Waals surface area contributed by atoms with Crippen LogP contribution in [0.4, 0.5) is 0 Å². The van der Waals surface area contributed by atoms with Gasteiger partial charge < -0.3 is 19.5 Å². The number of ether oxygens (including phenoxy) is 3. The maximum Gasteiger partial charge on any atom is 0.251 e. The number of carbonyl (C=O) groups is 1. The van der Waals surface area contributed by atoms with E-state index in [1.807, 2.05) is 37.3 Å². The summed E-state index contributed by atoms with van der Waals surface area (Å²) >= 11 is 0. The van der Waals surface area contributed by atoms with Crippen LogP contribution in [0.5, 0.6) is 11.5 Å². The first-order valence-corrected chi connectivity index (χ1v) is 9.68. The van der Waals surface area contributed by atoms with Crippen LogP contribution in [0.2, 0.25) is 0 Å². The van der Waals surface area contributed by atoms with Crippen molar-refractivity contribution in [1.82, 2.24) is 10.2 Å². The molecule has 1 N–H and O–H groups in total. The van der Waals surface area contributed by atoms with Crippen LogP contribution >= 0.6 is 0 Å². The van der Waals surface area contributed by atoms with Crippen molar-refractivity contribution in [2.75, 3.05) is 46.6 Å². The molecule has 0 aromatic heterocycles. The van der Waals surface area contributed by atoms with E-state index in [-0.39, 0.29) is 11.9 Å². The molecule has 2 aromatic rings. The molecule has 0 bridgehead atoms. The number of hydrogen-bond acceptors (Lipinski definition) is 5. The predicted octanol–water partition coefficient (Wildman–Crippen LogP) is 2.90. The van der Waals surface area contributed by atoms with Crippen molar-refractivity contribution >= 4 is 5.91 Å². The summed E-state index contributed by atoms with van der Waals surface area (Å²) in [5.74, 6) is 1.05. The molecule has 1 amide bonds. The Bertz CT molecular complexity index is 760. The standard InChI is InChI=1S/C22H28N2O4/c1-3-28-21-15-18(9-10-20(21)26-2)22(25)23-19(17-7-5-4-6-8-17)16-24-11-13-27-14-12-24/h4-10,15,19H,3,11-14,16H2,1-2H3,(H,23,25). The summed E-state index contributed by atoms with van der Waals surface area (Å²) in [4.78, 5) is 15.3. The van der Waals surface area contributed by atoms with Gasteiger partial charge in [-0.05, 0) is 30.7 Å². The first kappa shape index (κ1) is 20.2. The normalized spacial score (nSPS) is 15.6. The van der Waals surface area contributed by atoms with Gasteiger partial charge in [0.05, 0.1) is 33.0 Å². The lowest BCUT2D eigenvalue weighted by Crippen LogP contribution is -2.43. The van der Waals surface area contributed by atoms with Gasteiger partial charge in [0.2, 0.25) is 0 Å². The Kier molecular flexibility index (Phi) is 7.28. The van der Waals surface area contributed by atoms with E-state index in [2.05, 4.69) is 10.2 Å². The highest BCUT2D eigenvalue weighted by molar-refractivity contribution is 5.95. The van der Waals surface area contributed by atoms with Gasteiger partial charge in [-0.25, -0.2) is 0 Å². The van der Waals surface area contributed by atoms with Crippen LogP contribution in [0.1, 0.15) is 28.9 Å². The molecule has 6 nitrogen and oxygen atoms in total. The van der Waals surface area contributed by atoms with E-state index in [0.29, 0.717) is 23.7 Å². The van der Waals surface area contributed by atoms with Crippen molar-refractivity contribution in [2.45, 2.75) is 13.0 Å². The largest absolute Gasteiger partial charge is 0.493 e. The third-order valence-electron chi connectivity index (χ3n) is 4.78. The smallest absolute Gasteiger partial charge is 0.251 e. The van der Waals surface area contributed by atoms with E-state index in [0.717, 1.165) is 38.4 Å². The van der Waals surface area contributed by atoms with Crippen molar-refractivity contribution in [2.24, 2.45) is 0 Å². The molecule has 1 aliphatic rings. The second-order valence-electron chi connectivity index (χ2n) is 6.65. The number of rotatable bonds is 8. The highest BCUT2D eigenvalue weighted by atomic mass is 16.5. The Balaban J connectivity index is 1.77. The SMILES string of the molecule is CCOc1cc(C(=O)NC(CN2CCOCC2)c2ccccc2)ccc1OC. The second-order valence-corrected chi connectivity index (χ2v) is 6.65. The van der Waals surface area contributed by atoms with E-state index in [9.17, 15) is 4.79 Å². The van der Waals surface area contributed by atoms with Crippen LogP contribution in [0.15, 0.2) is 48.5 Å². The fraction of sp³-hybridized carbons (Fsp3) is 0.409. The minimum atomic E-state index is -0.134. The number of benzene rings is 2. The summed E-state index contributed by atoms with van der Waals surface area (Å²) in [6.45, 7) is 6.35. The minimum absolute atomic E-state index is 0.107. The van der Waals surface area contributed by atoms with Crippen molar-refractivity contribution < 1.29 is 19.0 Å². The highest BCUT2D eigenvalue weighted by Crippen LogP contribution is 2.28. The topological polar surface area (TPSA) is 60.0 Å². The Morgan fingerprint density at radius 3 is 2.57 bits per heavy atom. The third-order valence-corrected chi connectivity index (χ3v) is 4.78. The zero-order chi connectivity index (χ0) is 19.8. The van der Waals surface area contributed by atoms with Crippen molar-refractivity contribution in [3.8, 4) is 11.5 Å². The molecule has 6 heteroatoms. The van der Waals surface area contributed by atoms with Gasteiger partial charge in [0.25, 0.3) is 5.91 Å². The van der Waals surface area contributed by atoms with Crippen molar-refractivity contribution in [3.05, 3.63) is 59.7 Å². The molecule has 1 atom stereocenters. The summed E-state index contributed by atoms with van der Waals surface area (Å²) in [7, 11) is 1.59. The first-order valence-electron chi connectivity index (χ1n) is 9.68. The molecular formula is C22H28N2O4. The van der Waals surface area contributed by atoms with Gasteiger partial charge in [0, 0.05) is 25.2 Å². The number of nitrogens with one attached hydrogen (secondary N) is 1. The Morgan fingerprint density at radius 1 is 1.14 bits per heavy atom. The summed E-state index contributed by atoms with van der Waals surface area (Å²) in [5.41, 5.74) is 1.63. The minimum Gasteiger partial charge on any atom is -0.493 e. The molecule has 0 saturated carbocycles. The predicted molar refractivity (Wildman–Crippen MR) is 108 cm³/mol. The molecular weight excluding hydrogens is 356 g/mol. The average Bonchev–Trinajstić information content (AvgIpc) is 2.75. The van der Waals surface area contributed by atoms with Gasteiger partial charge in [-0.15, -0.1) is 0 Å². The van der Waals surface area contributed by atoms with Crippen molar-refractivity contribution in [3.63, 3.8) is 0 Å². The van der Waals surface area contributed by atoms with Gasteiger partial charge in [-0.3, -0.25) is 9.69 Å². The fourth-order valence-electron chi connectivity index (χ4n) is 3.29. The molecule has 1 heterocycles. The molecule has 0 aliphatic carbocycles. The molecule has 1 aliphatic heterocycles. The van der Waals surface area contributed by atoms with Gasteiger partial charge >= 0.3 is 0 Å². The van der Waals surface area contributed by atoms with E-state index >= 15 is 0 Å². The lowest BCUT2D eigenvalue weighted by atomic mass is 10.0. The van der Waals surface area contributed by atoms with E-state index < -0.39 is 0 Å². The van der Waals surface area contributed by atoms with Gasteiger partial charge in [0.15, 0.2) is 11.5 Å². The summed E-state index contributed by atoms with van der Waals surface area (Å²) in [6.07, 6.45) is 0.